The first-order chi connectivity index (χ1) is 16.2. The molecule has 35 heavy (non-hydrogen) atoms. The molecular weight excluding hydrogens is 443 g/mol. The van der Waals surface area contributed by atoms with Crippen LogP contribution in [0.2, 0.25) is 0 Å². The summed E-state index contributed by atoms with van der Waals surface area (Å²) in [7, 11) is 6.67. The van der Waals surface area contributed by atoms with Gasteiger partial charge in [-0.25, -0.2) is 4.98 Å². The van der Waals surface area contributed by atoms with Crippen molar-refractivity contribution in [2.24, 2.45) is 7.05 Å². The topological polar surface area (TPSA) is 129 Å². The van der Waals surface area contributed by atoms with Crippen LogP contribution < -0.4 is 34.3 Å². The fourth-order valence-corrected chi connectivity index (χ4v) is 4.05. The largest absolute Gasteiger partial charge is 1.00 e. The molecule has 0 aliphatic carbocycles. The molecule has 2 aromatic heterocycles. The molecule has 0 fully saturated rings. The molecule has 3 aromatic rings. The first-order valence-corrected chi connectivity index (χ1v) is 10.7. The fourth-order valence-electron chi connectivity index (χ4n) is 4.05. The van der Waals surface area contributed by atoms with Crippen LogP contribution in [0.15, 0.2) is 41.5 Å². The molecule has 0 spiro atoms. The van der Waals surface area contributed by atoms with E-state index in [1.54, 1.807) is 18.3 Å². The molecule has 10 nitrogen and oxygen atoms in total. The molecule has 2 atom stereocenters. The van der Waals surface area contributed by atoms with Crippen molar-refractivity contribution < 1.29 is 33.5 Å². The monoisotopic (exact) mass is 470 g/mol. The van der Waals surface area contributed by atoms with Gasteiger partial charge in [-0.05, 0) is 31.3 Å². The van der Waals surface area contributed by atoms with Crippen LogP contribution in [-0.4, -0.2) is 58.0 Å². The minimum atomic E-state index is -1.60. The van der Waals surface area contributed by atoms with Gasteiger partial charge in [0.2, 0.25) is 5.75 Å². The molecule has 0 amide bonds. The number of rotatable bonds is 9. The molecule has 11 heteroatoms. The molecule has 0 aliphatic rings. The Hall–Kier alpha value is -3.37. The molecule has 0 bridgehead atoms. The maximum atomic E-state index is 12.9. The standard InChI is InChI=1S/C24H28N6O4.Li/c1-15(22-27-20(24(32)33)21(34-5)23(31)29(22)4)19(18-9-7-6-8-16(18)12-25)17-13-26-30(14-17)11-10-28(2)3;/h6-9,13-15,19H,10-11H2,1-5H3,(H,32,33);/q;+1/p-1. The van der Waals surface area contributed by atoms with Crippen molar-refractivity contribution in [2.45, 2.75) is 25.3 Å². The van der Waals surface area contributed by atoms with Crippen LogP contribution in [0.4, 0.5) is 0 Å². The second kappa shape index (κ2) is 11.9. The molecule has 2 unspecified atom stereocenters. The number of carbonyl (C=O) groups is 1. The maximum absolute atomic E-state index is 12.9. The van der Waals surface area contributed by atoms with Gasteiger partial charge in [-0.2, -0.15) is 10.4 Å². The molecule has 0 N–H and O–H groups in total. The quantitative estimate of drug-likeness (QED) is 0.320. The minimum Gasteiger partial charge on any atom is -0.543 e. The van der Waals surface area contributed by atoms with Gasteiger partial charge in [0, 0.05) is 31.6 Å². The first-order valence-electron chi connectivity index (χ1n) is 10.7. The molecule has 2 heterocycles. The number of likely N-dealkylation sites (N-methyl/N-ethyl adjacent to an activating group) is 1. The van der Waals surface area contributed by atoms with E-state index in [0.717, 1.165) is 17.7 Å². The van der Waals surface area contributed by atoms with Gasteiger partial charge in [0.15, 0.2) is 0 Å². The average molecular weight is 470 g/mol. The third-order valence-corrected chi connectivity index (χ3v) is 5.79. The minimum absolute atomic E-state index is 0. The summed E-state index contributed by atoms with van der Waals surface area (Å²) in [6.07, 6.45) is 3.63. The van der Waals surface area contributed by atoms with Gasteiger partial charge in [-0.1, -0.05) is 25.1 Å². The number of nitriles is 1. The van der Waals surface area contributed by atoms with Crippen molar-refractivity contribution in [3.05, 3.63) is 75.2 Å². The van der Waals surface area contributed by atoms with Crippen LogP contribution >= 0.6 is 0 Å². The van der Waals surface area contributed by atoms with Gasteiger partial charge < -0.3 is 19.5 Å². The number of carboxylic acids is 1. The second-order valence-corrected chi connectivity index (χ2v) is 8.31. The predicted molar refractivity (Wildman–Crippen MR) is 123 cm³/mol. The van der Waals surface area contributed by atoms with Crippen LogP contribution in [0, 0.1) is 11.3 Å². The summed E-state index contributed by atoms with van der Waals surface area (Å²) in [6.45, 7) is 3.30. The van der Waals surface area contributed by atoms with Crippen molar-refractivity contribution in [3.8, 4) is 11.8 Å². The molecule has 1 aromatic carbocycles. The number of benzene rings is 1. The van der Waals surface area contributed by atoms with Crippen LogP contribution in [0.1, 0.15) is 51.8 Å². The summed E-state index contributed by atoms with van der Waals surface area (Å²) in [5.41, 5.74) is 0.826. The Morgan fingerprint density at radius 1 is 1.31 bits per heavy atom. The normalized spacial score (nSPS) is 12.5. The Morgan fingerprint density at radius 2 is 2.00 bits per heavy atom. The van der Waals surface area contributed by atoms with E-state index in [1.165, 1.54) is 18.7 Å². The Labute approximate surface area is 215 Å². The second-order valence-electron chi connectivity index (χ2n) is 8.31. The Bertz CT molecular complexity index is 1290. The Balaban J connectivity index is 0.00000432. The molecule has 0 saturated carbocycles. The summed E-state index contributed by atoms with van der Waals surface area (Å²) < 4.78 is 8.08. The summed E-state index contributed by atoms with van der Waals surface area (Å²) in [5.74, 6) is -2.69. The smallest absolute Gasteiger partial charge is 0.543 e. The zero-order chi connectivity index (χ0) is 25.0. The third-order valence-electron chi connectivity index (χ3n) is 5.79. The van der Waals surface area contributed by atoms with E-state index in [2.05, 4.69) is 16.2 Å². The number of methoxy groups -OCH3 is 1. The van der Waals surface area contributed by atoms with Gasteiger partial charge in [-0.3, -0.25) is 14.0 Å². The number of aromatic nitrogens is 4. The van der Waals surface area contributed by atoms with Crippen molar-refractivity contribution in [1.29, 1.82) is 5.26 Å². The third kappa shape index (κ3) is 5.83. The number of ether oxygens (including phenoxy) is 1. The summed E-state index contributed by atoms with van der Waals surface area (Å²) in [6, 6.07) is 9.40. The molecule has 178 valence electrons. The van der Waals surface area contributed by atoms with E-state index in [0.29, 0.717) is 12.1 Å². The van der Waals surface area contributed by atoms with E-state index >= 15 is 0 Å². The average Bonchev–Trinajstić information content (AvgIpc) is 3.28. The number of hydrogen-bond donors (Lipinski definition) is 0. The Kier molecular flexibility index (Phi) is 9.44. The van der Waals surface area contributed by atoms with Crippen LogP contribution in [0.5, 0.6) is 5.75 Å². The van der Waals surface area contributed by atoms with Crippen LogP contribution in [-0.2, 0) is 13.6 Å². The van der Waals surface area contributed by atoms with Crippen molar-refractivity contribution in [3.63, 3.8) is 0 Å². The van der Waals surface area contributed by atoms with Gasteiger partial charge in [0.05, 0.1) is 37.5 Å². The van der Waals surface area contributed by atoms with E-state index < -0.39 is 29.1 Å². The van der Waals surface area contributed by atoms with Crippen LogP contribution in [0.3, 0.4) is 0 Å². The van der Waals surface area contributed by atoms with Gasteiger partial charge in [0.25, 0.3) is 5.56 Å². The zero-order valence-corrected chi connectivity index (χ0v) is 20.8. The zero-order valence-electron chi connectivity index (χ0n) is 20.8. The molecule has 0 radical (unpaired) electrons. The molecule has 3 rings (SSSR count). The summed E-state index contributed by atoms with van der Waals surface area (Å²) >= 11 is 0. The SMILES string of the molecule is COc1c(C(=O)[O-])nc(C(C)C(c2cnn(CCN(C)C)c2)c2ccccc2C#N)n(C)c1=O.[Li+]. The van der Waals surface area contributed by atoms with Crippen molar-refractivity contribution >= 4 is 5.97 Å². The Morgan fingerprint density at radius 3 is 2.60 bits per heavy atom. The molecular formula is C24H27LiN6O4. The number of hydrogen-bond acceptors (Lipinski definition) is 8. The summed E-state index contributed by atoms with van der Waals surface area (Å²) in [5, 5.41) is 25.9. The predicted octanol–water partition coefficient (Wildman–Crippen LogP) is -2.28. The number of nitrogens with zero attached hydrogens (tertiary/aromatic N) is 6. The summed E-state index contributed by atoms with van der Waals surface area (Å²) in [4.78, 5) is 30.9. The van der Waals surface area contributed by atoms with E-state index in [-0.39, 0.29) is 30.4 Å². The number of aromatic carboxylic acids is 1. The molecule has 0 saturated heterocycles. The fraction of sp³-hybridized carbons (Fsp3) is 0.375. The van der Waals surface area contributed by atoms with Crippen LogP contribution in [0.25, 0.3) is 0 Å². The number of carboxylic acid groups (broad SMARTS) is 1. The van der Waals surface area contributed by atoms with Gasteiger partial charge in [0.1, 0.15) is 11.5 Å². The van der Waals surface area contributed by atoms with E-state index in [4.69, 9.17) is 4.74 Å². The van der Waals surface area contributed by atoms with E-state index in [1.807, 2.05) is 48.9 Å². The van der Waals surface area contributed by atoms with Crippen molar-refractivity contribution in [1.82, 2.24) is 24.2 Å². The first kappa shape index (κ1) is 27.9. The maximum Gasteiger partial charge on any atom is 1.00 e. The molecule has 0 aliphatic heterocycles. The van der Waals surface area contributed by atoms with Gasteiger partial charge >= 0.3 is 18.9 Å². The van der Waals surface area contributed by atoms with Crippen molar-refractivity contribution in [2.75, 3.05) is 27.7 Å². The van der Waals surface area contributed by atoms with E-state index in [9.17, 15) is 20.0 Å². The number of carbonyl (C=O) groups excluding carboxylic acids is 1. The van der Waals surface area contributed by atoms with Gasteiger partial charge in [-0.15, -0.1) is 0 Å².